The molecule has 0 aliphatic carbocycles. The van der Waals surface area contributed by atoms with Gasteiger partial charge in [-0.3, -0.25) is 14.4 Å². The molecule has 0 aromatic heterocycles. The third-order valence-corrected chi connectivity index (χ3v) is 10.3. The Morgan fingerprint density at radius 2 is 1.52 bits per heavy atom. The fourth-order valence-corrected chi connectivity index (χ4v) is 7.20. The minimum atomic E-state index is -3.29. The molecule has 0 spiro atoms. The van der Waals surface area contributed by atoms with E-state index in [0.29, 0.717) is 42.6 Å². The lowest BCUT2D eigenvalue weighted by molar-refractivity contribution is -0.170. The number of aliphatic hydroxyl groups is 4. The van der Waals surface area contributed by atoms with Crippen molar-refractivity contribution >= 4 is 33.6 Å². The maximum Gasteiger partial charge on any atom is 0.303 e. The van der Waals surface area contributed by atoms with Crippen LogP contribution in [-0.4, -0.2) is 84.4 Å². The van der Waals surface area contributed by atoms with Crippen LogP contribution in [0.5, 0.6) is 0 Å². The number of aliphatic hydroxyl groups excluding tert-OH is 4. The van der Waals surface area contributed by atoms with Gasteiger partial charge in [-0.2, -0.15) is 0 Å². The Bertz CT molecular complexity index is 1820. The molecule has 0 bridgehead atoms. The van der Waals surface area contributed by atoms with Gasteiger partial charge in [-0.1, -0.05) is 48.5 Å². The third kappa shape index (κ3) is 11.4. The summed E-state index contributed by atoms with van der Waals surface area (Å²) in [6.45, 7) is 1.37. The number of β-lactam (4-membered cyclic amide) rings is 1. The molecule has 294 valence electrons. The Morgan fingerprint density at radius 3 is 2.07 bits per heavy atom. The van der Waals surface area contributed by atoms with Gasteiger partial charge in [-0.15, -0.1) is 0 Å². The number of rotatable bonds is 20. The van der Waals surface area contributed by atoms with Crippen molar-refractivity contribution in [3.63, 3.8) is 0 Å². The van der Waals surface area contributed by atoms with Gasteiger partial charge in [0.05, 0.1) is 37.5 Å². The number of hydrogen-bond donors (Lipinski definition) is 5. The van der Waals surface area contributed by atoms with Crippen LogP contribution in [0.2, 0.25) is 0 Å². The number of ether oxygens (including phenoxy) is 2. The van der Waals surface area contributed by atoms with Crippen molar-refractivity contribution in [2.45, 2.75) is 82.3 Å². The highest BCUT2D eigenvalue weighted by Crippen LogP contribution is 2.47. The number of sulfonamides is 1. The maximum atomic E-state index is 13.8. The molecule has 13 nitrogen and oxygen atoms in total. The minimum Gasteiger partial charge on any atom is -0.458 e. The summed E-state index contributed by atoms with van der Waals surface area (Å²) in [6.07, 6.45) is -0.709. The zero-order valence-electron chi connectivity index (χ0n) is 30.6. The predicted octanol–water partition coefficient (Wildman–Crippen LogP) is 3.56. The summed E-state index contributed by atoms with van der Waals surface area (Å²) in [5.74, 6) is -2.35. The number of benzene rings is 3. The molecular weight excluding hydrogens is 723 g/mol. The SMILES string of the molecule is CC(=O)O[C@@H](CC[C@H]1C(=O)N(c2ccc(CCCNS(C)(=O)=O)cc2)[C@@H]1c1ccc(C(O)C(O)CCC(CO)(CO)OC(C)=O)cc1)c1ccc(F)cc1. The predicted molar refractivity (Wildman–Crippen MR) is 197 cm³/mol. The quantitative estimate of drug-likeness (QED) is 0.0639. The van der Waals surface area contributed by atoms with Crippen LogP contribution in [-0.2, 0) is 40.3 Å². The van der Waals surface area contributed by atoms with E-state index in [1.54, 1.807) is 29.2 Å². The monoisotopic (exact) mass is 772 g/mol. The standard InChI is InChI=1S/C39H49FN2O11S/c1-25(45)52-35(28-12-14-31(40)15-13-28)19-18-33-36(42(38(33)49)32-16-6-27(7-17-32)5-4-22-41-54(3,50)51)29-8-10-30(11-9-29)37(48)34(47)20-21-39(23-43,24-44)53-26(2)46/h6-17,33-37,41,43-44,47-48H,4-5,18-24H2,1-3H3/t33-,34?,35+,36-,37?/m1/s1. The molecule has 0 radical (unpaired) electrons. The Hall–Kier alpha value is -4.25. The molecule has 0 saturated carbocycles. The van der Waals surface area contributed by atoms with Crippen LogP contribution in [0, 0.1) is 11.7 Å². The Kier molecular flexibility index (Phi) is 14.8. The number of nitrogens with one attached hydrogen (secondary N) is 1. The minimum absolute atomic E-state index is 0.105. The molecule has 1 aliphatic heterocycles. The average molecular weight is 773 g/mol. The molecule has 54 heavy (non-hydrogen) atoms. The van der Waals surface area contributed by atoms with Gasteiger partial charge in [0.2, 0.25) is 15.9 Å². The van der Waals surface area contributed by atoms with Gasteiger partial charge in [0.1, 0.15) is 18.0 Å². The molecule has 5 atom stereocenters. The molecule has 1 fully saturated rings. The zero-order chi connectivity index (χ0) is 39.6. The number of nitrogens with zero attached hydrogens (tertiary/aromatic N) is 1. The van der Waals surface area contributed by atoms with E-state index in [-0.39, 0.29) is 25.2 Å². The molecule has 1 aliphatic rings. The van der Waals surface area contributed by atoms with E-state index in [2.05, 4.69) is 4.72 Å². The van der Waals surface area contributed by atoms with E-state index in [9.17, 15) is 47.6 Å². The van der Waals surface area contributed by atoms with Gasteiger partial charge in [-0.05, 0) is 85.0 Å². The van der Waals surface area contributed by atoms with Gasteiger partial charge in [0.15, 0.2) is 5.60 Å². The summed E-state index contributed by atoms with van der Waals surface area (Å²) < 4.78 is 49.5. The van der Waals surface area contributed by atoms with Crippen LogP contribution < -0.4 is 9.62 Å². The number of carbonyl (C=O) groups is 3. The van der Waals surface area contributed by atoms with Crippen molar-refractivity contribution in [2.24, 2.45) is 5.92 Å². The van der Waals surface area contributed by atoms with E-state index >= 15 is 0 Å². The lowest BCUT2D eigenvalue weighted by atomic mass is 9.78. The van der Waals surface area contributed by atoms with Crippen molar-refractivity contribution in [3.8, 4) is 0 Å². The van der Waals surface area contributed by atoms with Crippen molar-refractivity contribution in [1.29, 1.82) is 0 Å². The highest BCUT2D eigenvalue weighted by Gasteiger charge is 2.48. The molecule has 1 saturated heterocycles. The largest absolute Gasteiger partial charge is 0.458 e. The second kappa shape index (κ2) is 18.9. The zero-order valence-corrected chi connectivity index (χ0v) is 31.4. The first-order valence-electron chi connectivity index (χ1n) is 17.7. The summed E-state index contributed by atoms with van der Waals surface area (Å²) in [5, 5.41) is 41.2. The van der Waals surface area contributed by atoms with Crippen molar-refractivity contribution in [3.05, 3.63) is 101 Å². The van der Waals surface area contributed by atoms with Crippen LogP contribution in [0.1, 0.15) is 86.5 Å². The fraction of sp³-hybridized carbons (Fsp3) is 0.462. The lowest BCUT2D eigenvalue weighted by Gasteiger charge is -2.48. The van der Waals surface area contributed by atoms with Crippen LogP contribution in [0.15, 0.2) is 72.8 Å². The highest BCUT2D eigenvalue weighted by molar-refractivity contribution is 7.88. The van der Waals surface area contributed by atoms with Crippen LogP contribution in [0.25, 0.3) is 0 Å². The number of aryl methyl sites for hydroxylation is 1. The van der Waals surface area contributed by atoms with Crippen LogP contribution >= 0.6 is 0 Å². The summed E-state index contributed by atoms with van der Waals surface area (Å²) in [7, 11) is -3.29. The van der Waals surface area contributed by atoms with Gasteiger partial charge in [0, 0.05) is 26.1 Å². The smallest absolute Gasteiger partial charge is 0.303 e. The summed E-state index contributed by atoms with van der Waals surface area (Å²) in [5.41, 5.74) is 1.68. The molecule has 3 aromatic carbocycles. The molecule has 4 rings (SSSR count). The highest BCUT2D eigenvalue weighted by atomic mass is 32.2. The van der Waals surface area contributed by atoms with Gasteiger partial charge >= 0.3 is 11.9 Å². The van der Waals surface area contributed by atoms with E-state index < -0.39 is 76.9 Å². The Labute approximate surface area is 314 Å². The Morgan fingerprint density at radius 1 is 0.907 bits per heavy atom. The number of amides is 1. The number of esters is 2. The van der Waals surface area contributed by atoms with E-state index in [0.717, 1.165) is 24.3 Å². The van der Waals surface area contributed by atoms with Gasteiger partial charge in [0.25, 0.3) is 0 Å². The molecule has 2 unspecified atom stereocenters. The van der Waals surface area contributed by atoms with E-state index in [4.69, 9.17) is 9.47 Å². The molecular formula is C39H49FN2O11S. The maximum absolute atomic E-state index is 13.8. The number of anilines is 1. The van der Waals surface area contributed by atoms with Crippen molar-refractivity contribution < 1.29 is 57.1 Å². The molecule has 1 amide bonds. The first kappa shape index (κ1) is 42.5. The lowest BCUT2D eigenvalue weighted by Crippen LogP contribution is -2.55. The molecule has 15 heteroatoms. The first-order chi connectivity index (χ1) is 25.6. The first-order valence-corrected chi connectivity index (χ1v) is 19.6. The second-order valence-electron chi connectivity index (χ2n) is 13.7. The third-order valence-electron chi connectivity index (χ3n) is 9.54. The number of halogens is 1. The van der Waals surface area contributed by atoms with Crippen LogP contribution in [0.4, 0.5) is 10.1 Å². The van der Waals surface area contributed by atoms with Crippen molar-refractivity contribution in [1.82, 2.24) is 4.72 Å². The molecule has 1 heterocycles. The summed E-state index contributed by atoms with van der Waals surface area (Å²) >= 11 is 0. The summed E-state index contributed by atoms with van der Waals surface area (Å²) in [6, 6.07) is 19.3. The van der Waals surface area contributed by atoms with Gasteiger partial charge < -0.3 is 34.8 Å². The van der Waals surface area contributed by atoms with E-state index in [1.807, 2.05) is 24.3 Å². The molecule has 3 aromatic rings. The Balaban J connectivity index is 1.54. The average Bonchev–Trinajstić information content (AvgIpc) is 3.13. The van der Waals surface area contributed by atoms with Gasteiger partial charge in [-0.25, -0.2) is 17.5 Å². The van der Waals surface area contributed by atoms with Crippen LogP contribution in [0.3, 0.4) is 0 Å². The normalized spacial score (nSPS) is 17.7. The summed E-state index contributed by atoms with van der Waals surface area (Å²) in [4.78, 5) is 39.0. The van der Waals surface area contributed by atoms with Crippen molar-refractivity contribution in [2.75, 3.05) is 30.9 Å². The second-order valence-corrected chi connectivity index (χ2v) is 15.6. The number of carbonyl (C=O) groups excluding carboxylic acids is 3. The molecule has 5 N–H and O–H groups in total. The van der Waals surface area contributed by atoms with E-state index in [1.165, 1.54) is 31.2 Å². The fourth-order valence-electron chi connectivity index (χ4n) is 6.68. The topological polar surface area (TPSA) is 200 Å². The number of hydrogen-bond acceptors (Lipinski definition) is 11.